The molecular weight excluding hydrogens is 875 g/mol. The van der Waals surface area contributed by atoms with Crippen LogP contribution in [0.3, 0.4) is 0 Å². The molecule has 1 N–H and O–H groups in total. The molecule has 8 rings (SSSR count). The van der Waals surface area contributed by atoms with E-state index < -0.39 is 0 Å². The normalized spacial score (nSPS) is 15.8. The molecule has 7 aromatic carbocycles. The van der Waals surface area contributed by atoms with Gasteiger partial charge in [0.2, 0.25) is 0 Å². The van der Waals surface area contributed by atoms with Crippen LogP contribution in [0.4, 0.5) is 11.4 Å². The zero-order chi connectivity index (χ0) is 50.2. The molecule has 0 bridgehead atoms. The Morgan fingerprint density at radius 1 is 0.625 bits per heavy atom. The van der Waals surface area contributed by atoms with Crippen molar-refractivity contribution in [3.8, 4) is 22.3 Å². The van der Waals surface area contributed by atoms with Gasteiger partial charge in [-0.1, -0.05) is 244 Å². The van der Waals surface area contributed by atoms with E-state index in [4.69, 9.17) is 18.2 Å². The van der Waals surface area contributed by atoms with Crippen LogP contribution in [0.2, 0.25) is 0 Å². The predicted molar refractivity (Wildman–Crippen MR) is 307 cm³/mol. The topological polar surface area (TPSA) is 45.9 Å². The molecule has 0 aliphatic carbocycles. The molecule has 0 radical (unpaired) electrons. The number of hydrogen-bond donors (Lipinski definition) is 1. The van der Waals surface area contributed by atoms with Gasteiger partial charge in [0.1, 0.15) is 5.84 Å². The SMILES string of the molecule is C=C\C=C/C=C\C(=C(\C(=C/C)c1ccccc1)N1C(=C)/C=C\C=C/C(C)N(c2ccccc2)c2ccccc2CC1=C)N(C)/C(=N\C(=N)c1ccc(-c2ccccc2)cc1)c1ccc(-c2ccccc2)cc1. The summed E-state index contributed by atoms with van der Waals surface area (Å²) in [5.74, 6) is 0.694. The van der Waals surface area contributed by atoms with Gasteiger partial charge in [-0.15, -0.1) is 0 Å². The summed E-state index contributed by atoms with van der Waals surface area (Å²) in [4.78, 5) is 12.0. The highest BCUT2D eigenvalue weighted by atomic mass is 15.2. The number of allylic oxidation sites excluding steroid dienone is 11. The fraction of sp³-hybridized carbons (Fsp3) is 0.0746. The van der Waals surface area contributed by atoms with Crippen molar-refractivity contribution in [3.63, 3.8) is 0 Å². The Labute approximate surface area is 427 Å². The third kappa shape index (κ3) is 11.7. The molecule has 1 atom stereocenters. The van der Waals surface area contributed by atoms with Gasteiger partial charge < -0.3 is 14.7 Å². The van der Waals surface area contributed by atoms with E-state index in [1.165, 1.54) is 0 Å². The van der Waals surface area contributed by atoms with Gasteiger partial charge in [0.25, 0.3) is 0 Å². The Hall–Kier alpha value is -9.06. The van der Waals surface area contributed by atoms with Gasteiger partial charge in [-0.05, 0) is 77.6 Å². The maximum Gasteiger partial charge on any atom is 0.154 e. The van der Waals surface area contributed by atoms with Crippen molar-refractivity contribution in [2.75, 3.05) is 11.9 Å². The molecular formula is C67H61N5. The standard InChI is InChI=1S/C67H61N5/c1-7-9-10-23-40-64(70(6)67(59-47-43-56(44-48-59)54-32-17-12-18-33-54)69-66(68)58-45-41-55(42-46-58)53-30-15-11-16-31-53)65(62(8-2)57-34-19-13-20-35-57)71-50(3)28-24-25-29-51(4)72(61-37-21-14-22-38-61)63-39-27-26-36-60(63)49-52(71)5/h7-48,51,68H,1,3,5,49H2,2,4,6H3/b10-9-,28-24-,29-25-,40-23-,62-8-,65-64+,68-66?,69-67-. The first-order chi connectivity index (χ1) is 35.2. The maximum absolute atomic E-state index is 9.67. The molecule has 354 valence electrons. The van der Waals surface area contributed by atoms with Crippen molar-refractivity contribution in [2.45, 2.75) is 26.3 Å². The van der Waals surface area contributed by atoms with Crippen molar-refractivity contribution in [2.24, 2.45) is 4.99 Å². The van der Waals surface area contributed by atoms with Gasteiger partial charge in [0, 0.05) is 59.0 Å². The van der Waals surface area contributed by atoms with Crippen LogP contribution in [0, 0.1) is 5.41 Å². The van der Waals surface area contributed by atoms with Gasteiger partial charge in [-0.2, -0.15) is 0 Å². The summed E-state index contributed by atoms with van der Waals surface area (Å²) >= 11 is 0. The van der Waals surface area contributed by atoms with Gasteiger partial charge >= 0.3 is 0 Å². The number of hydrogen-bond acceptors (Lipinski definition) is 3. The number of benzene rings is 7. The zero-order valence-electron chi connectivity index (χ0n) is 41.4. The lowest BCUT2D eigenvalue weighted by atomic mass is 9.96. The quantitative estimate of drug-likeness (QED) is 0.0754. The number of fused-ring (bicyclic) bond motifs is 1. The number of para-hydroxylation sites is 2. The number of amidine groups is 2. The fourth-order valence-electron chi connectivity index (χ4n) is 9.01. The van der Waals surface area contributed by atoms with E-state index in [9.17, 15) is 5.41 Å². The first-order valence-corrected chi connectivity index (χ1v) is 24.3. The molecule has 1 heterocycles. The molecule has 1 aliphatic rings. The predicted octanol–water partition coefficient (Wildman–Crippen LogP) is 16.6. The minimum Gasteiger partial charge on any atom is -0.335 e. The van der Waals surface area contributed by atoms with Gasteiger partial charge in [-0.3, -0.25) is 5.41 Å². The van der Waals surface area contributed by atoms with Crippen LogP contribution in [0.15, 0.2) is 302 Å². The third-order valence-corrected chi connectivity index (χ3v) is 12.6. The van der Waals surface area contributed by atoms with E-state index >= 15 is 0 Å². The van der Waals surface area contributed by atoms with E-state index in [-0.39, 0.29) is 11.9 Å². The number of rotatable bonds is 12. The molecule has 0 saturated heterocycles. The van der Waals surface area contributed by atoms with Crippen LogP contribution in [-0.2, 0) is 6.42 Å². The molecule has 5 heteroatoms. The highest BCUT2D eigenvalue weighted by Gasteiger charge is 2.28. The zero-order valence-corrected chi connectivity index (χ0v) is 41.4. The monoisotopic (exact) mass is 935 g/mol. The molecule has 1 unspecified atom stereocenters. The van der Waals surface area contributed by atoms with E-state index in [0.717, 1.165) is 78.7 Å². The Morgan fingerprint density at radius 3 is 1.76 bits per heavy atom. The number of aliphatic imine (C=N–C) groups is 1. The van der Waals surface area contributed by atoms with Gasteiger partial charge in [0.15, 0.2) is 5.84 Å². The summed E-state index contributed by atoms with van der Waals surface area (Å²) in [6, 6.07) is 66.7. The van der Waals surface area contributed by atoms with Crippen molar-refractivity contribution >= 4 is 28.6 Å². The number of likely N-dealkylation sites (N-methyl/N-ethyl adjacent to an activating group) is 1. The smallest absolute Gasteiger partial charge is 0.154 e. The molecule has 72 heavy (non-hydrogen) atoms. The number of anilines is 2. The minimum absolute atomic E-state index is 0.0347. The Morgan fingerprint density at radius 2 is 1.17 bits per heavy atom. The van der Waals surface area contributed by atoms with Crippen LogP contribution in [0.25, 0.3) is 27.8 Å². The van der Waals surface area contributed by atoms with E-state index in [1.807, 2.05) is 67.7 Å². The second-order valence-corrected chi connectivity index (χ2v) is 17.4. The third-order valence-electron chi connectivity index (χ3n) is 12.6. The molecule has 0 aromatic heterocycles. The Kier molecular flexibility index (Phi) is 16.4. The molecule has 1 aliphatic heterocycles. The molecule has 0 spiro atoms. The summed E-state index contributed by atoms with van der Waals surface area (Å²) in [5.41, 5.74) is 14.3. The van der Waals surface area contributed by atoms with Gasteiger partial charge in [-0.25, -0.2) is 4.99 Å². The second kappa shape index (κ2) is 24.0. The van der Waals surface area contributed by atoms with Crippen molar-refractivity contribution in [1.82, 2.24) is 9.80 Å². The van der Waals surface area contributed by atoms with Crippen LogP contribution in [0.5, 0.6) is 0 Å². The van der Waals surface area contributed by atoms with Crippen LogP contribution < -0.4 is 4.90 Å². The van der Waals surface area contributed by atoms with E-state index in [1.54, 1.807) is 6.08 Å². The average molecular weight is 936 g/mol. The number of nitrogens with one attached hydrogen (secondary N) is 1. The average Bonchev–Trinajstić information content (AvgIpc) is 3.42. The molecule has 0 amide bonds. The minimum atomic E-state index is 0.0347. The van der Waals surface area contributed by atoms with Crippen molar-refractivity contribution in [3.05, 3.63) is 320 Å². The van der Waals surface area contributed by atoms with E-state index in [2.05, 4.69) is 223 Å². The first kappa shape index (κ1) is 49.4. The molecule has 7 aromatic rings. The molecule has 0 saturated carbocycles. The lowest BCUT2D eigenvalue weighted by Gasteiger charge is -2.37. The van der Waals surface area contributed by atoms with E-state index in [0.29, 0.717) is 17.8 Å². The summed E-state index contributed by atoms with van der Waals surface area (Å²) < 4.78 is 0. The summed E-state index contributed by atoms with van der Waals surface area (Å²) in [6.45, 7) is 18.0. The summed E-state index contributed by atoms with van der Waals surface area (Å²) in [6.07, 6.45) is 20.8. The Bertz CT molecular complexity index is 3230. The highest BCUT2D eigenvalue weighted by molar-refractivity contribution is 6.11. The second-order valence-electron chi connectivity index (χ2n) is 17.4. The lowest BCUT2D eigenvalue weighted by Crippen LogP contribution is -2.33. The maximum atomic E-state index is 9.67. The fourth-order valence-corrected chi connectivity index (χ4v) is 9.01. The van der Waals surface area contributed by atoms with Gasteiger partial charge in [0.05, 0.1) is 11.4 Å². The molecule has 0 fully saturated rings. The largest absolute Gasteiger partial charge is 0.335 e. The van der Waals surface area contributed by atoms with Crippen molar-refractivity contribution in [1.29, 1.82) is 5.41 Å². The van der Waals surface area contributed by atoms with Crippen LogP contribution in [-0.4, -0.2) is 34.6 Å². The summed E-state index contributed by atoms with van der Waals surface area (Å²) in [5, 5.41) is 9.67. The highest BCUT2D eigenvalue weighted by Crippen LogP contribution is 2.39. The van der Waals surface area contributed by atoms with Crippen LogP contribution in [0.1, 0.15) is 36.1 Å². The van der Waals surface area contributed by atoms with Crippen LogP contribution >= 0.6 is 0 Å². The first-order valence-electron chi connectivity index (χ1n) is 24.3. The van der Waals surface area contributed by atoms with Crippen molar-refractivity contribution < 1.29 is 0 Å². The number of nitrogens with zero attached hydrogens (tertiary/aromatic N) is 4. The Balaban J connectivity index is 1.36. The molecule has 5 nitrogen and oxygen atoms in total. The lowest BCUT2D eigenvalue weighted by molar-refractivity contribution is 0.519. The summed E-state index contributed by atoms with van der Waals surface area (Å²) in [7, 11) is 2.03.